The maximum absolute atomic E-state index is 10.1. The number of ether oxygens (including phenoxy) is 2. The molecule has 3 nitrogen and oxygen atoms in total. The summed E-state index contributed by atoms with van der Waals surface area (Å²) in [5.41, 5.74) is 1.14. The Morgan fingerprint density at radius 3 is 2.72 bits per heavy atom. The molecule has 100 valence electrons. The van der Waals surface area contributed by atoms with Crippen molar-refractivity contribution in [2.24, 2.45) is 0 Å². The van der Waals surface area contributed by atoms with Crippen LogP contribution in [-0.2, 0) is 4.74 Å². The smallest absolute Gasteiger partial charge is 0.122 e. The number of methoxy groups -OCH3 is 1. The second kappa shape index (κ2) is 6.76. The summed E-state index contributed by atoms with van der Waals surface area (Å²) in [6, 6.07) is 8.04. The Bertz CT molecular complexity index is 365. The maximum atomic E-state index is 10.1. The highest BCUT2D eigenvalue weighted by Crippen LogP contribution is 2.37. The Hall–Kier alpha value is -1.06. The number of benzene rings is 1. The monoisotopic (exact) mass is 250 g/mol. The average molecular weight is 250 g/mol. The lowest BCUT2D eigenvalue weighted by molar-refractivity contribution is 0.103. The Morgan fingerprint density at radius 2 is 1.94 bits per heavy atom. The van der Waals surface area contributed by atoms with Crippen molar-refractivity contribution in [1.82, 2.24) is 0 Å². The summed E-state index contributed by atoms with van der Waals surface area (Å²) in [6.07, 6.45) is 4.03. The topological polar surface area (TPSA) is 38.7 Å². The van der Waals surface area contributed by atoms with E-state index in [-0.39, 0.29) is 12.0 Å². The second-order valence-corrected chi connectivity index (χ2v) is 4.84. The molecule has 2 atom stereocenters. The van der Waals surface area contributed by atoms with Crippen LogP contribution in [0, 0.1) is 0 Å². The van der Waals surface area contributed by atoms with E-state index < -0.39 is 0 Å². The van der Waals surface area contributed by atoms with E-state index in [9.17, 15) is 5.11 Å². The van der Waals surface area contributed by atoms with Crippen LogP contribution in [0.15, 0.2) is 24.3 Å². The largest absolute Gasteiger partial charge is 0.491 e. The minimum absolute atomic E-state index is 0.220. The van der Waals surface area contributed by atoms with Gasteiger partial charge in [-0.25, -0.2) is 0 Å². The first-order valence-corrected chi connectivity index (χ1v) is 6.71. The molecule has 1 saturated carbocycles. The number of hydrogen-bond acceptors (Lipinski definition) is 3. The van der Waals surface area contributed by atoms with E-state index in [4.69, 9.17) is 9.47 Å². The van der Waals surface area contributed by atoms with Gasteiger partial charge >= 0.3 is 0 Å². The second-order valence-electron chi connectivity index (χ2n) is 4.84. The Kier molecular flexibility index (Phi) is 5.02. The maximum Gasteiger partial charge on any atom is 0.122 e. The summed E-state index contributed by atoms with van der Waals surface area (Å²) < 4.78 is 10.7. The van der Waals surface area contributed by atoms with Gasteiger partial charge in [0.25, 0.3) is 0 Å². The van der Waals surface area contributed by atoms with Gasteiger partial charge < -0.3 is 14.6 Å². The first-order chi connectivity index (χ1) is 8.83. The molecule has 1 aromatic rings. The molecule has 1 aliphatic carbocycles. The van der Waals surface area contributed by atoms with Crippen molar-refractivity contribution >= 4 is 0 Å². The lowest BCUT2D eigenvalue weighted by atomic mass is 9.81. The van der Waals surface area contributed by atoms with Gasteiger partial charge in [0.1, 0.15) is 12.4 Å². The molecule has 18 heavy (non-hydrogen) atoms. The van der Waals surface area contributed by atoms with Crippen LogP contribution in [0.1, 0.15) is 37.2 Å². The summed E-state index contributed by atoms with van der Waals surface area (Å²) in [4.78, 5) is 0. The summed E-state index contributed by atoms with van der Waals surface area (Å²) in [5, 5.41) is 10.1. The summed E-state index contributed by atoms with van der Waals surface area (Å²) >= 11 is 0. The number of aliphatic hydroxyl groups excluding tert-OH is 1. The predicted molar refractivity (Wildman–Crippen MR) is 71.0 cm³/mol. The highest BCUT2D eigenvalue weighted by Gasteiger charge is 2.26. The molecule has 2 rings (SSSR count). The van der Waals surface area contributed by atoms with Gasteiger partial charge in [0.2, 0.25) is 0 Å². The van der Waals surface area contributed by atoms with E-state index in [1.165, 1.54) is 6.42 Å². The summed E-state index contributed by atoms with van der Waals surface area (Å²) in [6.45, 7) is 1.14. The zero-order chi connectivity index (χ0) is 12.8. The van der Waals surface area contributed by atoms with Gasteiger partial charge in [0, 0.05) is 13.0 Å². The molecule has 1 fully saturated rings. The molecule has 0 spiro atoms. The lowest BCUT2D eigenvalue weighted by Crippen LogP contribution is -2.23. The molecular formula is C15H22O3. The van der Waals surface area contributed by atoms with Crippen molar-refractivity contribution < 1.29 is 14.6 Å². The highest BCUT2D eigenvalue weighted by atomic mass is 16.5. The fourth-order valence-corrected chi connectivity index (χ4v) is 2.63. The Morgan fingerprint density at radius 1 is 1.17 bits per heavy atom. The number of aliphatic hydroxyl groups is 1. The summed E-state index contributed by atoms with van der Waals surface area (Å²) in [7, 11) is 1.67. The first kappa shape index (κ1) is 13.4. The molecular weight excluding hydrogens is 228 g/mol. The van der Waals surface area contributed by atoms with Crippen LogP contribution in [0.3, 0.4) is 0 Å². The van der Waals surface area contributed by atoms with Crippen LogP contribution >= 0.6 is 0 Å². The van der Waals surface area contributed by atoms with E-state index in [2.05, 4.69) is 6.07 Å². The molecule has 1 N–H and O–H groups in total. The van der Waals surface area contributed by atoms with Crippen molar-refractivity contribution in [3.63, 3.8) is 0 Å². The highest BCUT2D eigenvalue weighted by molar-refractivity contribution is 5.37. The summed E-state index contributed by atoms with van der Waals surface area (Å²) in [5.74, 6) is 1.11. The molecule has 0 aromatic heterocycles. The van der Waals surface area contributed by atoms with Crippen LogP contribution in [0.4, 0.5) is 0 Å². The average Bonchev–Trinajstić information content (AvgIpc) is 2.40. The van der Waals surface area contributed by atoms with Gasteiger partial charge in [0.15, 0.2) is 0 Å². The van der Waals surface area contributed by atoms with Crippen LogP contribution in [-0.4, -0.2) is 31.5 Å². The van der Waals surface area contributed by atoms with E-state index in [0.717, 1.165) is 30.6 Å². The van der Waals surface area contributed by atoms with Gasteiger partial charge in [-0.05, 0) is 24.5 Å². The van der Waals surface area contributed by atoms with Gasteiger partial charge in [-0.1, -0.05) is 31.0 Å². The van der Waals surface area contributed by atoms with Gasteiger partial charge in [0.05, 0.1) is 12.7 Å². The fourth-order valence-electron chi connectivity index (χ4n) is 2.63. The quantitative estimate of drug-likeness (QED) is 0.817. The normalized spacial score (nSPS) is 23.9. The molecule has 0 radical (unpaired) electrons. The number of para-hydroxylation sites is 1. The minimum Gasteiger partial charge on any atom is -0.491 e. The van der Waals surface area contributed by atoms with E-state index >= 15 is 0 Å². The predicted octanol–water partition coefficient (Wildman–Crippen LogP) is 2.73. The molecule has 0 amide bonds. The van der Waals surface area contributed by atoms with Crippen LogP contribution in [0.5, 0.6) is 5.75 Å². The van der Waals surface area contributed by atoms with Gasteiger partial charge in [-0.2, -0.15) is 0 Å². The van der Waals surface area contributed by atoms with Gasteiger partial charge in [-0.3, -0.25) is 0 Å². The van der Waals surface area contributed by atoms with Crippen molar-refractivity contribution in [2.75, 3.05) is 20.3 Å². The van der Waals surface area contributed by atoms with Crippen molar-refractivity contribution in [1.29, 1.82) is 0 Å². The minimum atomic E-state index is -0.231. The molecule has 0 saturated heterocycles. The first-order valence-electron chi connectivity index (χ1n) is 6.71. The van der Waals surface area contributed by atoms with Crippen molar-refractivity contribution in [3.8, 4) is 5.75 Å². The van der Waals surface area contributed by atoms with E-state index in [1.54, 1.807) is 7.11 Å². The Labute approximate surface area is 109 Å². The SMILES string of the molecule is COCCOc1ccccc1C1CCCCC1O. The molecule has 1 aliphatic rings. The molecule has 1 aromatic carbocycles. The molecule has 0 bridgehead atoms. The molecule has 2 unspecified atom stereocenters. The van der Waals surface area contributed by atoms with E-state index in [1.807, 2.05) is 18.2 Å². The van der Waals surface area contributed by atoms with Gasteiger partial charge in [-0.15, -0.1) is 0 Å². The molecule has 0 heterocycles. The van der Waals surface area contributed by atoms with Crippen molar-refractivity contribution in [2.45, 2.75) is 37.7 Å². The number of rotatable bonds is 5. The number of hydrogen-bond donors (Lipinski definition) is 1. The molecule has 0 aliphatic heterocycles. The fraction of sp³-hybridized carbons (Fsp3) is 0.600. The van der Waals surface area contributed by atoms with Crippen molar-refractivity contribution in [3.05, 3.63) is 29.8 Å². The third-order valence-corrected chi connectivity index (χ3v) is 3.59. The standard InChI is InChI=1S/C15H22O3/c1-17-10-11-18-15-9-5-3-7-13(15)12-6-2-4-8-14(12)16/h3,5,7,9,12,14,16H,2,4,6,8,10-11H2,1H3. The zero-order valence-electron chi connectivity index (χ0n) is 11.0. The van der Waals surface area contributed by atoms with E-state index in [0.29, 0.717) is 13.2 Å². The Balaban J connectivity index is 2.10. The third-order valence-electron chi connectivity index (χ3n) is 3.59. The third kappa shape index (κ3) is 3.24. The zero-order valence-corrected chi connectivity index (χ0v) is 11.0. The lowest BCUT2D eigenvalue weighted by Gasteiger charge is -2.29. The van der Waals surface area contributed by atoms with Crippen LogP contribution in [0.2, 0.25) is 0 Å². The molecule has 3 heteroatoms. The van der Waals surface area contributed by atoms with Crippen LogP contribution < -0.4 is 4.74 Å². The van der Waals surface area contributed by atoms with Crippen LogP contribution in [0.25, 0.3) is 0 Å².